The van der Waals surface area contributed by atoms with Crippen LogP contribution in [0.1, 0.15) is 37.8 Å². The minimum absolute atomic E-state index is 0.119. The van der Waals surface area contributed by atoms with Crippen molar-refractivity contribution in [1.29, 1.82) is 0 Å². The SMILES string of the molecule is CCCC(C)Oc1ccc(S(N)(=O)=O)c(C)c1C. The van der Waals surface area contributed by atoms with Crippen molar-refractivity contribution in [3.8, 4) is 5.75 Å². The van der Waals surface area contributed by atoms with Gasteiger partial charge < -0.3 is 4.74 Å². The maximum atomic E-state index is 11.4. The fourth-order valence-electron chi connectivity index (χ4n) is 1.89. The predicted molar refractivity (Wildman–Crippen MR) is 72.3 cm³/mol. The van der Waals surface area contributed by atoms with Gasteiger partial charge in [-0.25, -0.2) is 13.6 Å². The third kappa shape index (κ3) is 3.46. The highest BCUT2D eigenvalue weighted by Crippen LogP contribution is 2.27. The second-order valence-electron chi connectivity index (χ2n) is 4.57. The summed E-state index contributed by atoms with van der Waals surface area (Å²) in [5.41, 5.74) is 1.48. The van der Waals surface area contributed by atoms with Crippen LogP contribution in [0.25, 0.3) is 0 Å². The van der Waals surface area contributed by atoms with Gasteiger partial charge in [0.1, 0.15) is 5.75 Å². The number of benzene rings is 1. The molecule has 0 spiro atoms. The van der Waals surface area contributed by atoms with Crippen LogP contribution < -0.4 is 9.88 Å². The van der Waals surface area contributed by atoms with E-state index < -0.39 is 10.0 Å². The molecule has 1 atom stereocenters. The van der Waals surface area contributed by atoms with Crippen LogP contribution in [0.3, 0.4) is 0 Å². The van der Waals surface area contributed by atoms with E-state index in [-0.39, 0.29) is 11.0 Å². The fraction of sp³-hybridized carbons (Fsp3) is 0.538. The number of primary sulfonamides is 1. The van der Waals surface area contributed by atoms with Gasteiger partial charge in [0.05, 0.1) is 11.0 Å². The van der Waals surface area contributed by atoms with E-state index in [0.29, 0.717) is 5.56 Å². The van der Waals surface area contributed by atoms with Crippen molar-refractivity contribution in [3.05, 3.63) is 23.3 Å². The van der Waals surface area contributed by atoms with E-state index in [1.54, 1.807) is 13.0 Å². The predicted octanol–water partition coefficient (Wildman–Crippen LogP) is 2.52. The van der Waals surface area contributed by atoms with Gasteiger partial charge in [0.2, 0.25) is 10.0 Å². The van der Waals surface area contributed by atoms with E-state index in [9.17, 15) is 8.42 Å². The molecule has 0 fully saturated rings. The lowest BCUT2D eigenvalue weighted by Crippen LogP contribution is -2.16. The maximum Gasteiger partial charge on any atom is 0.238 e. The van der Waals surface area contributed by atoms with Crippen molar-refractivity contribution in [3.63, 3.8) is 0 Å². The average Bonchev–Trinajstić information content (AvgIpc) is 2.23. The fourth-order valence-corrected chi connectivity index (χ4v) is 2.73. The largest absolute Gasteiger partial charge is 0.490 e. The molecule has 18 heavy (non-hydrogen) atoms. The minimum Gasteiger partial charge on any atom is -0.490 e. The van der Waals surface area contributed by atoms with Crippen LogP contribution in [-0.4, -0.2) is 14.5 Å². The van der Waals surface area contributed by atoms with E-state index in [2.05, 4.69) is 6.92 Å². The Morgan fingerprint density at radius 2 is 1.89 bits per heavy atom. The molecule has 0 aliphatic heterocycles. The molecule has 5 heteroatoms. The van der Waals surface area contributed by atoms with Crippen LogP contribution in [0.4, 0.5) is 0 Å². The number of hydrogen-bond acceptors (Lipinski definition) is 3. The zero-order valence-corrected chi connectivity index (χ0v) is 12.2. The second-order valence-corrected chi connectivity index (χ2v) is 6.10. The molecule has 1 aromatic carbocycles. The first-order valence-electron chi connectivity index (χ1n) is 6.07. The summed E-state index contributed by atoms with van der Waals surface area (Å²) in [7, 11) is -3.67. The van der Waals surface area contributed by atoms with Crippen molar-refractivity contribution in [2.24, 2.45) is 5.14 Å². The summed E-state index contributed by atoms with van der Waals surface area (Å²) >= 11 is 0. The molecule has 0 amide bonds. The summed E-state index contributed by atoms with van der Waals surface area (Å²) in [4.78, 5) is 0.162. The van der Waals surface area contributed by atoms with Crippen LogP contribution in [0.2, 0.25) is 0 Å². The first-order chi connectivity index (χ1) is 8.27. The third-order valence-corrected chi connectivity index (χ3v) is 4.07. The maximum absolute atomic E-state index is 11.4. The molecule has 0 radical (unpaired) electrons. The van der Waals surface area contributed by atoms with Gasteiger partial charge in [0.15, 0.2) is 0 Å². The summed E-state index contributed by atoms with van der Waals surface area (Å²) < 4.78 is 28.6. The van der Waals surface area contributed by atoms with Crippen molar-refractivity contribution < 1.29 is 13.2 Å². The highest BCUT2D eigenvalue weighted by Gasteiger charge is 2.16. The molecule has 0 aliphatic carbocycles. The highest BCUT2D eigenvalue weighted by molar-refractivity contribution is 7.89. The van der Waals surface area contributed by atoms with Crippen LogP contribution in [-0.2, 0) is 10.0 Å². The first kappa shape index (κ1) is 15.0. The smallest absolute Gasteiger partial charge is 0.238 e. The Hall–Kier alpha value is -1.07. The Balaban J connectivity index is 3.09. The van der Waals surface area contributed by atoms with Crippen molar-refractivity contribution in [2.45, 2.75) is 51.5 Å². The van der Waals surface area contributed by atoms with Crippen LogP contribution in [0.5, 0.6) is 5.75 Å². The molecule has 102 valence electrons. The Labute approximate surface area is 109 Å². The first-order valence-corrected chi connectivity index (χ1v) is 7.61. The lowest BCUT2D eigenvalue weighted by Gasteiger charge is -2.18. The summed E-state index contributed by atoms with van der Waals surface area (Å²) in [6.07, 6.45) is 2.14. The van der Waals surface area contributed by atoms with Crippen LogP contribution in [0.15, 0.2) is 17.0 Å². The van der Waals surface area contributed by atoms with Gasteiger partial charge >= 0.3 is 0 Å². The standard InChI is InChI=1S/C13H21NO3S/c1-5-6-9(2)17-12-7-8-13(18(14,15)16)11(4)10(12)3/h7-9H,5-6H2,1-4H3,(H2,14,15,16). The van der Waals surface area contributed by atoms with Gasteiger partial charge in [0, 0.05) is 0 Å². The second kappa shape index (κ2) is 5.71. The van der Waals surface area contributed by atoms with E-state index in [4.69, 9.17) is 9.88 Å². The molecule has 2 N–H and O–H groups in total. The van der Waals surface area contributed by atoms with Gasteiger partial charge in [-0.2, -0.15) is 0 Å². The Morgan fingerprint density at radius 3 is 2.39 bits per heavy atom. The number of hydrogen-bond donors (Lipinski definition) is 1. The lowest BCUT2D eigenvalue weighted by atomic mass is 10.1. The molecule has 1 rings (SSSR count). The monoisotopic (exact) mass is 271 g/mol. The van der Waals surface area contributed by atoms with E-state index in [1.165, 1.54) is 6.07 Å². The average molecular weight is 271 g/mol. The Bertz CT molecular complexity index is 523. The van der Waals surface area contributed by atoms with Gasteiger partial charge in [-0.1, -0.05) is 13.3 Å². The quantitative estimate of drug-likeness (QED) is 0.894. The Morgan fingerprint density at radius 1 is 1.28 bits per heavy atom. The summed E-state index contributed by atoms with van der Waals surface area (Å²) in [5, 5.41) is 5.16. The Kier molecular flexibility index (Phi) is 4.76. The molecule has 1 aromatic rings. The number of ether oxygens (including phenoxy) is 1. The van der Waals surface area contributed by atoms with Crippen molar-refractivity contribution in [2.75, 3.05) is 0 Å². The molecule has 0 bridgehead atoms. The zero-order valence-electron chi connectivity index (χ0n) is 11.4. The van der Waals surface area contributed by atoms with Gasteiger partial charge in [-0.3, -0.25) is 0 Å². The molecular weight excluding hydrogens is 250 g/mol. The summed E-state index contributed by atoms with van der Waals surface area (Å²) in [6, 6.07) is 3.18. The normalized spacial score (nSPS) is 13.4. The molecule has 1 unspecified atom stereocenters. The number of rotatable bonds is 5. The zero-order chi connectivity index (χ0) is 13.9. The molecule has 0 aromatic heterocycles. The van der Waals surface area contributed by atoms with E-state index in [0.717, 1.165) is 24.2 Å². The van der Waals surface area contributed by atoms with Gasteiger partial charge in [-0.15, -0.1) is 0 Å². The van der Waals surface area contributed by atoms with Gasteiger partial charge in [-0.05, 0) is 50.5 Å². The number of nitrogens with two attached hydrogens (primary N) is 1. The molecule has 0 heterocycles. The van der Waals surface area contributed by atoms with Crippen LogP contribution in [0, 0.1) is 13.8 Å². The van der Waals surface area contributed by atoms with Gasteiger partial charge in [0.25, 0.3) is 0 Å². The number of sulfonamides is 1. The summed E-state index contributed by atoms with van der Waals surface area (Å²) in [5.74, 6) is 0.723. The van der Waals surface area contributed by atoms with E-state index >= 15 is 0 Å². The lowest BCUT2D eigenvalue weighted by molar-refractivity contribution is 0.208. The summed E-state index contributed by atoms with van der Waals surface area (Å²) in [6.45, 7) is 7.69. The molecule has 0 aliphatic rings. The van der Waals surface area contributed by atoms with Crippen molar-refractivity contribution >= 4 is 10.0 Å². The molecule has 0 saturated heterocycles. The molecule has 0 saturated carbocycles. The minimum atomic E-state index is -3.67. The molecule has 4 nitrogen and oxygen atoms in total. The van der Waals surface area contributed by atoms with Crippen molar-refractivity contribution in [1.82, 2.24) is 0 Å². The van der Waals surface area contributed by atoms with E-state index in [1.807, 2.05) is 13.8 Å². The topological polar surface area (TPSA) is 69.4 Å². The highest BCUT2D eigenvalue weighted by atomic mass is 32.2. The molecular formula is C13H21NO3S. The third-order valence-electron chi connectivity index (χ3n) is 3.02. The van der Waals surface area contributed by atoms with Crippen LogP contribution >= 0.6 is 0 Å².